The van der Waals surface area contributed by atoms with E-state index in [1.54, 1.807) is 0 Å². The molecule has 0 aromatic carbocycles. The minimum Gasteiger partial charge on any atom is -0.344 e. The molecule has 62 valence electrons. The normalized spacial score (nSPS) is 34.8. The van der Waals surface area contributed by atoms with Crippen molar-refractivity contribution in [2.75, 3.05) is 13.2 Å². The van der Waals surface area contributed by atoms with Crippen LogP contribution in [0, 0.1) is 5.92 Å². The number of ether oxygens (including phenoxy) is 2. The molecule has 1 unspecified atom stereocenters. The van der Waals surface area contributed by atoms with Crippen molar-refractivity contribution in [3.63, 3.8) is 0 Å². The highest BCUT2D eigenvalue weighted by molar-refractivity contribution is 5.05. The summed E-state index contributed by atoms with van der Waals surface area (Å²) in [6.45, 7) is 3.68. The van der Waals surface area contributed by atoms with Crippen molar-refractivity contribution in [3.8, 4) is 0 Å². The summed E-state index contributed by atoms with van der Waals surface area (Å²) in [5.74, 6) is 0.160. The molecule has 1 aliphatic heterocycles. The molecule has 0 aromatic heterocycles. The minimum atomic E-state index is -0.349. The van der Waals surface area contributed by atoms with E-state index in [2.05, 4.69) is 19.1 Å². The Balaban J connectivity index is 2.19. The molecule has 0 amide bonds. The SMILES string of the molecule is CC1CCC=CC12OCCO2. The fourth-order valence-electron chi connectivity index (χ4n) is 1.78. The zero-order valence-corrected chi connectivity index (χ0v) is 6.88. The first-order chi connectivity index (χ1) is 5.33. The molecule has 1 saturated heterocycles. The largest absolute Gasteiger partial charge is 0.344 e. The number of allylic oxidation sites excluding steroid dienone is 1. The van der Waals surface area contributed by atoms with Crippen LogP contribution in [0.5, 0.6) is 0 Å². The maximum Gasteiger partial charge on any atom is 0.190 e. The van der Waals surface area contributed by atoms with Gasteiger partial charge in [-0.25, -0.2) is 0 Å². The zero-order chi connectivity index (χ0) is 7.73. The second-order valence-electron chi connectivity index (χ2n) is 3.30. The van der Waals surface area contributed by atoms with E-state index in [1.807, 2.05) is 0 Å². The van der Waals surface area contributed by atoms with Gasteiger partial charge in [-0.15, -0.1) is 0 Å². The Kier molecular flexibility index (Phi) is 1.74. The molecule has 0 bridgehead atoms. The van der Waals surface area contributed by atoms with Crippen molar-refractivity contribution >= 4 is 0 Å². The molecule has 0 saturated carbocycles. The zero-order valence-electron chi connectivity index (χ0n) is 6.88. The van der Waals surface area contributed by atoms with Gasteiger partial charge in [0.1, 0.15) is 0 Å². The third-order valence-electron chi connectivity index (χ3n) is 2.54. The summed E-state index contributed by atoms with van der Waals surface area (Å²) in [5.41, 5.74) is 0. The summed E-state index contributed by atoms with van der Waals surface area (Å²) in [7, 11) is 0. The Bertz CT molecular complexity index is 168. The Morgan fingerprint density at radius 2 is 2.09 bits per heavy atom. The van der Waals surface area contributed by atoms with Gasteiger partial charge in [-0.3, -0.25) is 0 Å². The van der Waals surface area contributed by atoms with Crippen LogP contribution in [0.3, 0.4) is 0 Å². The topological polar surface area (TPSA) is 18.5 Å². The Morgan fingerprint density at radius 1 is 1.36 bits per heavy atom. The third-order valence-corrected chi connectivity index (χ3v) is 2.54. The monoisotopic (exact) mass is 154 g/mol. The van der Waals surface area contributed by atoms with Crippen LogP contribution in [0.25, 0.3) is 0 Å². The first-order valence-corrected chi connectivity index (χ1v) is 4.29. The van der Waals surface area contributed by atoms with Crippen molar-refractivity contribution in [1.82, 2.24) is 0 Å². The molecule has 0 radical (unpaired) electrons. The molecule has 11 heavy (non-hydrogen) atoms. The van der Waals surface area contributed by atoms with Crippen molar-refractivity contribution in [2.45, 2.75) is 25.6 Å². The summed E-state index contributed by atoms with van der Waals surface area (Å²) in [5, 5.41) is 0. The molecule has 0 N–H and O–H groups in total. The minimum absolute atomic E-state index is 0.349. The maximum absolute atomic E-state index is 5.58. The highest BCUT2D eigenvalue weighted by atomic mass is 16.7. The summed E-state index contributed by atoms with van der Waals surface area (Å²) in [6.07, 6.45) is 6.58. The second-order valence-corrected chi connectivity index (χ2v) is 3.30. The maximum atomic E-state index is 5.58. The number of hydrogen-bond donors (Lipinski definition) is 0. The van der Waals surface area contributed by atoms with Crippen LogP contribution in [0.4, 0.5) is 0 Å². The van der Waals surface area contributed by atoms with Gasteiger partial charge in [-0.05, 0) is 18.9 Å². The third kappa shape index (κ3) is 1.10. The van der Waals surface area contributed by atoms with Crippen molar-refractivity contribution in [2.24, 2.45) is 5.92 Å². The van der Waals surface area contributed by atoms with Gasteiger partial charge in [0.05, 0.1) is 13.2 Å². The van der Waals surface area contributed by atoms with Gasteiger partial charge in [0.25, 0.3) is 0 Å². The fraction of sp³-hybridized carbons (Fsp3) is 0.778. The van der Waals surface area contributed by atoms with Crippen LogP contribution >= 0.6 is 0 Å². The van der Waals surface area contributed by atoms with Crippen molar-refractivity contribution < 1.29 is 9.47 Å². The van der Waals surface area contributed by atoms with Gasteiger partial charge in [0, 0.05) is 5.92 Å². The molecule has 2 rings (SSSR count). The molecule has 2 nitrogen and oxygen atoms in total. The van der Waals surface area contributed by atoms with Gasteiger partial charge in [0.15, 0.2) is 5.79 Å². The van der Waals surface area contributed by atoms with Gasteiger partial charge < -0.3 is 9.47 Å². The van der Waals surface area contributed by atoms with Crippen molar-refractivity contribution in [3.05, 3.63) is 12.2 Å². The summed E-state index contributed by atoms with van der Waals surface area (Å²) in [6, 6.07) is 0. The van der Waals surface area contributed by atoms with E-state index in [0.717, 1.165) is 19.6 Å². The lowest BCUT2D eigenvalue weighted by Gasteiger charge is -2.32. The molecular weight excluding hydrogens is 140 g/mol. The van der Waals surface area contributed by atoms with Gasteiger partial charge in [-0.2, -0.15) is 0 Å². The standard InChI is InChI=1S/C9H14O2/c1-8-4-2-3-5-9(8)10-6-7-11-9/h3,5,8H,2,4,6-7H2,1H3. The van der Waals surface area contributed by atoms with Crippen LogP contribution in [-0.2, 0) is 9.47 Å². The molecule has 0 aromatic rings. The summed E-state index contributed by atoms with van der Waals surface area (Å²) in [4.78, 5) is 0. The van der Waals surface area contributed by atoms with Gasteiger partial charge in [-0.1, -0.05) is 13.0 Å². The molecule has 1 heterocycles. The van der Waals surface area contributed by atoms with Crippen molar-refractivity contribution in [1.29, 1.82) is 0 Å². The first-order valence-electron chi connectivity index (χ1n) is 4.29. The van der Waals surface area contributed by atoms with E-state index in [9.17, 15) is 0 Å². The average molecular weight is 154 g/mol. The van der Waals surface area contributed by atoms with E-state index in [-0.39, 0.29) is 5.79 Å². The van der Waals surface area contributed by atoms with E-state index >= 15 is 0 Å². The molecule has 2 aliphatic rings. The molecular formula is C9H14O2. The van der Waals surface area contributed by atoms with Crippen LogP contribution in [0.2, 0.25) is 0 Å². The summed E-state index contributed by atoms with van der Waals surface area (Å²) < 4.78 is 11.2. The van der Waals surface area contributed by atoms with Gasteiger partial charge >= 0.3 is 0 Å². The van der Waals surface area contributed by atoms with Crippen LogP contribution in [-0.4, -0.2) is 19.0 Å². The van der Waals surface area contributed by atoms with E-state index in [0.29, 0.717) is 5.92 Å². The fourth-order valence-corrected chi connectivity index (χ4v) is 1.78. The van der Waals surface area contributed by atoms with E-state index in [1.165, 1.54) is 6.42 Å². The number of hydrogen-bond acceptors (Lipinski definition) is 2. The van der Waals surface area contributed by atoms with Gasteiger partial charge in [0.2, 0.25) is 0 Å². The molecule has 1 fully saturated rings. The predicted molar refractivity (Wildman–Crippen MR) is 42.2 cm³/mol. The Morgan fingerprint density at radius 3 is 2.73 bits per heavy atom. The molecule has 1 atom stereocenters. The summed E-state index contributed by atoms with van der Waals surface area (Å²) >= 11 is 0. The van der Waals surface area contributed by atoms with E-state index in [4.69, 9.17) is 9.47 Å². The lowest BCUT2D eigenvalue weighted by molar-refractivity contribution is -0.156. The molecule has 1 spiro atoms. The smallest absolute Gasteiger partial charge is 0.190 e. The molecule has 2 heteroatoms. The van der Waals surface area contributed by atoms with E-state index < -0.39 is 0 Å². The second kappa shape index (κ2) is 2.61. The quantitative estimate of drug-likeness (QED) is 0.494. The number of rotatable bonds is 0. The van der Waals surface area contributed by atoms with Crippen LogP contribution in [0.15, 0.2) is 12.2 Å². The Hall–Kier alpha value is -0.340. The lowest BCUT2D eigenvalue weighted by Crippen LogP contribution is -2.37. The van der Waals surface area contributed by atoms with Crippen LogP contribution < -0.4 is 0 Å². The predicted octanol–water partition coefficient (Wildman–Crippen LogP) is 1.72. The Labute approximate surface area is 67.2 Å². The lowest BCUT2D eigenvalue weighted by atomic mass is 9.90. The first kappa shape index (κ1) is 7.32. The molecule has 1 aliphatic carbocycles. The highest BCUT2D eigenvalue weighted by Gasteiger charge is 2.40. The highest BCUT2D eigenvalue weighted by Crippen LogP contribution is 2.35. The average Bonchev–Trinajstić information content (AvgIpc) is 2.46. The van der Waals surface area contributed by atoms with Crippen LogP contribution in [0.1, 0.15) is 19.8 Å².